The van der Waals surface area contributed by atoms with Crippen molar-refractivity contribution >= 4 is 24.8 Å². The molecular formula is C25H40Cl2N2O4. The second kappa shape index (κ2) is 14.7. The lowest BCUT2D eigenvalue weighted by Crippen LogP contribution is -2.30. The zero-order valence-corrected chi connectivity index (χ0v) is 22.2. The van der Waals surface area contributed by atoms with Crippen molar-refractivity contribution in [2.24, 2.45) is 0 Å². The maximum atomic E-state index is 9.95. The number of hydrogen-bond acceptors (Lipinski definition) is 6. The molecule has 0 saturated heterocycles. The number of rotatable bonds is 12. The van der Waals surface area contributed by atoms with Gasteiger partial charge in [0.05, 0.1) is 0 Å². The molecule has 188 valence electrons. The maximum Gasteiger partial charge on any atom is 0.119 e. The van der Waals surface area contributed by atoms with Crippen LogP contribution >= 0.6 is 24.8 Å². The quantitative estimate of drug-likeness (QED) is 0.463. The summed E-state index contributed by atoms with van der Waals surface area (Å²) in [5, 5.41) is 19.9. The van der Waals surface area contributed by atoms with E-state index >= 15 is 0 Å². The van der Waals surface area contributed by atoms with Crippen LogP contribution in [-0.4, -0.2) is 86.7 Å². The molecule has 2 unspecified atom stereocenters. The molecule has 8 heteroatoms. The number of benzene rings is 2. The topological polar surface area (TPSA) is 65.4 Å². The summed E-state index contributed by atoms with van der Waals surface area (Å²) in [4.78, 5) is 3.86. The molecule has 0 heterocycles. The SMILES string of the molecule is CN(C)CC(O)COc1ccc(C(C)(C)c2ccc(OCC(O)CN(C)C)cc2)cc1.Cl.Cl. The van der Waals surface area contributed by atoms with Gasteiger partial charge in [-0.1, -0.05) is 38.1 Å². The predicted octanol–water partition coefficient (Wildman–Crippen LogP) is 3.46. The third kappa shape index (κ3) is 10.5. The van der Waals surface area contributed by atoms with Crippen molar-refractivity contribution in [1.29, 1.82) is 0 Å². The average Bonchev–Trinajstić information content (AvgIpc) is 2.70. The molecule has 0 aliphatic rings. The van der Waals surface area contributed by atoms with Gasteiger partial charge in [-0.25, -0.2) is 0 Å². The Bertz CT molecular complexity index is 718. The Balaban J connectivity index is 0.00000512. The smallest absolute Gasteiger partial charge is 0.119 e. The fraction of sp³-hybridized carbons (Fsp3) is 0.520. The van der Waals surface area contributed by atoms with E-state index in [0.717, 1.165) is 11.5 Å². The zero-order valence-electron chi connectivity index (χ0n) is 20.5. The Kier molecular flexibility index (Phi) is 14.0. The predicted molar refractivity (Wildman–Crippen MR) is 140 cm³/mol. The molecule has 0 saturated carbocycles. The number of hydrogen-bond donors (Lipinski definition) is 2. The lowest BCUT2D eigenvalue weighted by molar-refractivity contribution is 0.0830. The fourth-order valence-electron chi connectivity index (χ4n) is 3.44. The minimum atomic E-state index is -0.518. The normalized spacial score (nSPS) is 13.2. The first-order valence-electron chi connectivity index (χ1n) is 10.7. The van der Waals surface area contributed by atoms with Gasteiger partial charge >= 0.3 is 0 Å². The number of ether oxygens (including phenoxy) is 2. The monoisotopic (exact) mass is 502 g/mol. The van der Waals surface area contributed by atoms with Crippen molar-refractivity contribution in [2.75, 3.05) is 54.5 Å². The van der Waals surface area contributed by atoms with Crippen LogP contribution in [0, 0.1) is 0 Å². The molecule has 2 aromatic rings. The van der Waals surface area contributed by atoms with Gasteiger partial charge in [0.2, 0.25) is 0 Å². The summed E-state index contributed by atoms with van der Waals surface area (Å²) in [5.74, 6) is 1.50. The minimum absolute atomic E-state index is 0. The molecule has 0 radical (unpaired) electrons. The van der Waals surface area contributed by atoms with Gasteiger partial charge in [-0.15, -0.1) is 24.8 Å². The van der Waals surface area contributed by atoms with Crippen molar-refractivity contribution in [3.05, 3.63) is 59.7 Å². The van der Waals surface area contributed by atoms with E-state index in [4.69, 9.17) is 9.47 Å². The van der Waals surface area contributed by atoms with E-state index in [1.807, 2.05) is 62.3 Å². The minimum Gasteiger partial charge on any atom is -0.491 e. The second-order valence-corrected chi connectivity index (χ2v) is 9.13. The van der Waals surface area contributed by atoms with Gasteiger partial charge in [0, 0.05) is 18.5 Å². The average molecular weight is 504 g/mol. The van der Waals surface area contributed by atoms with Crippen molar-refractivity contribution in [1.82, 2.24) is 9.80 Å². The molecule has 33 heavy (non-hydrogen) atoms. The fourth-order valence-corrected chi connectivity index (χ4v) is 3.44. The summed E-state index contributed by atoms with van der Waals surface area (Å²) >= 11 is 0. The number of aliphatic hydroxyl groups excluding tert-OH is 2. The largest absolute Gasteiger partial charge is 0.491 e. The molecule has 2 rings (SSSR count). The van der Waals surface area contributed by atoms with E-state index in [9.17, 15) is 10.2 Å². The van der Waals surface area contributed by atoms with Gasteiger partial charge in [0.15, 0.2) is 0 Å². The van der Waals surface area contributed by atoms with Crippen molar-refractivity contribution in [3.8, 4) is 11.5 Å². The first kappa shape index (κ1) is 31.5. The summed E-state index contributed by atoms with van der Waals surface area (Å²) in [5.41, 5.74) is 2.15. The number of likely N-dealkylation sites (N-methyl/N-ethyl adjacent to an activating group) is 2. The van der Waals surface area contributed by atoms with Crippen molar-refractivity contribution in [3.63, 3.8) is 0 Å². The molecule has 0 aromatic heterocycles. The first-order valence-corrected chi connectivity index (χ1v) is 10.7. The van der Waals surface area contributed by atoms with Crippen LogP contribution in [0.5, 0.6) is 11.5 Å². The number of nitrogens with zero attached hydrogens (tertiary/aromatic N) is 2. The maximum absolute atomic E-state index is 9.95. The molecule has 0 aliphatic heterocycles. The summed E-state index contributed by atoms with van der Waals surface area (Å²) in [6.07, 6.45) is -1.04. The highest BCUT2D eigenvalue weighted by molar-refractivity contribution is 5.85. The van der Waals surface area contributed by atoms with Crippen LogP contribution in [0.15, 0.2) is 48.5 Å². The van der Waals surface area contributed by atoms with Gasteiger partial charge < -0.3 is 29.5 Å². The van der Waals surface area contributed by atoms with Crippen LogP contribution in [-0.2, 0) is 5.41 Å². The van der Waals surface area contributed by atoms with Gasteiger partial charge in [0.25, 0.3) is 0 Å². The molecule has 2 aromatic carbocycles. The van der Waals surface area contributed by atoms with Gasteiger partial charge in [-0.2, -0.15) is 0 Å². The molecule has 0 aliphatic carbocycles. The van der Waals surface area contributed by atoms with Crippen LogP contribution in [0.25, 0.3) is 0 Å². The Hall–Kier alpha value is -1.54. The van der Waals surface area contributed by atoms with E-state index < -0.39 is 12.2 Å². The van der Waals surface area contributed by atoms with Crippen LogP contribution < -0.4 is 9.47 Å². The molecular weight excluding hydrogens is 463 g/mol. The van der Waals surface area contributed by atoms with E-state index in [1.165, 1.54) is 11.1 Å². The van der Waals surface area contributed by atoms with Crippen LogP contribution in [0.3, 0.4) is 0 Å². The van der Waals surface area contributed by atoms with Crippen molar-refractivity contribution < 1.29 is 19.7 Å². The van der Waals surface area contributed by atoms with Crippen molar-refractivity contribution in [2.45, 2.75) is 31.5 Å². The Morgan fingerprint density at radius 2 is 0.970 bits per heavy atom. The highest BCUT2D eigenvalue weighted by Crippen LogP contribution is 2.33. The molecule has 2 atom stereocenters. The Morgan fingerprint density at radius 3 is 1.24 bits per heavy atom. The third-order valence-electron chi connectivity index (χ3n) is 5.19. The number of aliphatic hydroxyl groups is 2. The van der Waals surface area contributed by atoms with Gasteiger partial charge in [0.1, 0.15) is 36.9 Å². The molecule has 0 fully saturated rings. The van der Waals surface area contributed by atoms with Crippen LogP contribution in [0.1, 0.15) is 25.0 Å². The van der Waals surface area contributed by atoms with Crippen LogP contribution in [0.2, 0.25) is 0 Å². The highest BCUT2D eigenvalue weighted by Gasteiger charge is 2.23. The molecule has 0 amide bonds. The standard InChI is InChI=1S/C25H38N2O4.2ClH/c1-25(2,19-7-11-23(12-8-19)30-17-21(28)15-26(3)4)20-9-13-24(14-10-20)31-18-22(29)16-27(5)6;;/h7-14,21-22,28-29H,15-18H2,1-6H3;2*1H. The lowest BCUT2D eigenvalue weighted by atomic mass is 9.78. The Labute approximate surface area is 211 Å². The van der Waals surface area contributed by atoms with Gasteiger partial charge in [-0.3, -0.25) is 0 Å². The lowest BCUT2D eigenvalue weighted by Gasteiger charge is -2.27. The van der Waals surface area contributed by atoms with E-state index in [0.29, 0.717) is 13.1 Å². The molecule has 0 bridgehead atoms. The van der Waals surface area contributed by atoms with E-state index in [-0.39, 0.29) is 43.4 Å². The zero-order chi connectivity index (χ0) is 23.0. The second-order valence-electron chi connectivity index (χ2n) is 9.13. The van der Waals surface area contributed by atoms with Crippen LogP contribution in [0.4, 0.5) is 0 Å². The molecule has 0 spiro atoms. The third-order valence-corrected chi connectivity index (χ3v) is 5.19. The van der Waals surface area contributed by atoms with Gasteiger partial charge in [-0.05, 0) is 63.6 Å². The van der Waals surface area contributed by atoms with E-state index in [2.05, 4.69) is 38.1 Å². The molecule has 2 N–H and O–H groups in total. The summed E-state index contributed by atoms with van der Waals surface area (Å²) < 4.78 is 11.4. The van der Waals surface area contributed by atoms with E-state index in [1.54, 1.807) is 0 Å². The highest BCUT2D eigenvalue weighted by atomic mass is 35.5. The number of halogens is 2. The first-order chi connectivity index (χ1) is 14.6. The molecule has 6 nitrogen and oxygen atoms in total. The summed E-state index contributed by atoms with van der Waals surface area (Å²) in [6.45, 7) is 6.04. The Morgan fingerprint density at radius 1 is 0.667 bits per heavy atom. The summed E-state index contributed by atoms with van der Waals surface area (Å²) in [7, 11) is 7.70. The summed E-state index contributed by atoms with van der Waals surface area (Å²) in [6, 6.07) is 16.1.